The van der Waals surface area contributed by atoms with Gasteiger partial charge in [0, 0.05) is 34.9 Å². The van der Waals surface area contributed by atoms with E-state index in [4.69, 9.17) is 16.3 Å². The Morgan fingerprint density at radius 2 is 1.64 bits per heavy atom. The summed E-state index contributed by atoms with van der Waals surface area (Å²) in [5.41, 5.74) is 2.94. The van der Waals surface area contributed by atoms with E-state index in [2.05, 4.69) is 20.4 Å². The van der Waals surface area contributed by atoms with Crippen molar-refractivity contribution < 1.29 is 9.53 Å². The van der Waals surface area contributed by atoms with Gasteiger partial charge in [0.1, 0.15) is 0 Å². The second-order valence-corrected chi connectivity index (χ2v) is 6.85. The fourth-order valence-corrected chi connectivity index (χ4v) is 3.10. The van der Waals surface area contributed by atoms with Crippen molar-refractivity contribution in [2.45, 2.75) is 0 Å². The summed E-state index contributed by atoms with van der Waals surface area (Å²) < 4.78 is 5.36. The molecule has 1 aromatic heterocycles. The summed E-state index contributed by atoms with van der Waals surface area (Å²) in [5, 5.41) is 12.1. The van der Waals surface area contributed by atoms with Crippen molar-refractivity contribution in [3.8, 4) is 11.3 Å². The average molecular weight is 395 g/mol. The van der Waals surface area contributed by atoms with Crippen LogP contribution in [-0.4, -0.2) is 42.4 Å². The van der Waals surface area contributed by atoms with Gasteiger partial charge in [-0.2, -0.15) is 0 Å². The fourth-order valence-electron chi connectivity index (χ4n) is 2.97. The molecule has 1 aliphatic heterocycles. The Labute approximate surface area is 168 Å². The number of ether oxygens (including phenoxy) is 1. The van der Waals surface area contributed by atoms with Gasteiger partial charge >= 0.3 is 0 Å². The number of morpholine rings is 1. The lowest BCUT2D eigenvalue weighted by Gasteiger charge is -2.27. The van der Waals surface area contributed by atoms with Crippen molar-refractivity contribution in [2.75, 3.05) is 36.5 Å². The van der Waals surface area contributed by atoms with Crippen LogP contribution in [-0.2, 0) is 4.74 Å². The molecule has 0 unspecified atom stereocenters. The molecule has 0 saturated carbocycles. The molecule has 4 rings (SSSR count). The number of anilines is 2. The summed E-state index contributed by atoms with van der Waals surface area (Å²) in [6.45, 7) is 3.07. The third-order valence-electron chi connectivity index (χ3n) is 4.53. The van der Waals surface area contributed by atoms with E-state index in [1.54, 1.807) is 36.4 Å². The summed E-state index contributed by atoms with van der Waals surface area (Å²) in [7, 11) is 0. The van der Waals surface area contributed by atoms with E-state index in [0.717, 1.165) is 30.2 Å². The molecule has 28 heavy (non-hydrogen) atoms. The van der Waals surface area contributed by atoms with Crippen molar-refractivity contribution >= 4 is 29.0 Å². The molecule has 2 aromatic carbocycles. The predicted molar refractivity (Wildman–Crippen MR) is 110 cm³/mol. The molecule has 1 N–H and O–H groups in total. The maximum atomic E-state index is 12.4. The average Bonchev–Trinajstić information content (AvgIpc) is 2.76. The van der Waals surface area contributed by atoms with Crippen LogP contribution in [0, 0.1) is 0 Å². The molecule has 7 heteroatoms. The Morgan fingerprint density at radius 1 is 0.929 bits per heavy atom. The maximum absolute atomic E-state index is 12.4. The SMILES string of the molecule is O=C(Nc1ccc(Cl)cc1)c1ccc(-c2ccc(N3CCOCC3)nn2)cc1. The molecular formula is C21H19ClN4O2. The van der Waals surface area contributed by atoms with Crippen molar-refractivity contribution in [2.24, 2.45) is 0 Å². The zero-order valence-electron chi connectivity index (χ0n) is 15.1. The van der Waals surface area contributed by atoms with Crippen LogP contribution < -0.4 is 10.2 Å². The molecule has 3 aromatic rings. The molecule has 2 heterocycles. The number of rotatable bonds is 4. The van der Waals surface area contributed by atoms with Gasteiger partial charge in [0.05, 0.1) is 18.9 Å². The van der Waals surface area contributed by atoms with E-state index < -0.39 is 0 Å². The van der Waals surface area contributed by atoms with E-state index >= 15 is 0 Å². The van der Waals surface area contributed by atoms with Gasteiger partial charge < -0.3 is 15.0 Å². The smallest absolute Gasteiger partial charge is 0.255 e. The first-order valence-electron chi connectivity index (χ1n) is 9.03. The zero-order valence-corrected chi connectivity index (χ0v) is 15.9. The Balaban J connectivity index is 1.43. The number of carbonyl (C=O) groups excluding carboxylic acids is 1. The molecule has 6 nitrogen and oxygen atoms in total. The molecule has 0 spiro atoms. The van der Waals surface area contributed by atoms with Crippen molar-refractivity contribution in [3.05, 3.63) is 71.2 Å². The Kier molecular flexibility index (Phi) is 5.50. The van der Waals surface area contributed by atoms with Gasteiger partial charge in [-0.3, -0.25) is 4.79 Å². The first-order chi connectivity index (χ1) is 13.7. The summed E-state index contributed by atoms with van der Waals surface area (Å²) >= 11 is 5.86. The topological polar surface area (TPSA) is 67.4 Å². The molecule has 1 saturated heterocycles. The normalized spacial score (nSPS) is 14.0. The lowest BCUT2D eigenvalue weighted by molar-refractivity contribution is 0.102. The quantitative estimate of drug-likeness (QED) is 0.727. The highest BCUT2D eigenvalue weighted by atomic mass is 35.5. The van der Waals surface area contributed by atoms with E-state index in [1.165, 1.54) is 0 Å². The van der Waals surface area contributed by atoms with Gasteiger partial charge in [-0.1, -0.05) is 23.7 Å². The number of nitrogens with zero attached hydrogens (tertiary/aromatic N) is 3. The van der Waals surface area contributed by atoms with Gasteiger partial charge in [-0.15, -0.1) is 10.2 Å². The maximum Gasteiger partial charge on any atom is 0.255 e. The van der Waals surface area contributed by atoms with Crippen LogP contribution in [0.15, 0.2) is 60.7 Å². The van der Waals surface area contributed by atoms with Crippen LogP contribution >= 0.6 is 11.6 Å². The largest absolute Gasteiger partial charge is 0.378 e. The Morgan fingerprint density at radius 3 is 2.29 bits per heavy atom. The predicted octanol–water partition coefficient (Wildman–Crippen LogP) is 3.89. The minimum absolute atomic E-state index is 0.178. The van der Waals surface area contributed by atoms with Gasteiger partial charge in [0.2, 0.25) is 0 Å². The zero-order chi connectivity index (χ0) is 19.3. The van der Waals surface area contributed by atoms with Crippen molar-refractivity contribution in [1.82, 2.24) is 10.2 Å². The van der Waals surface area contributed by atoms with E-state index in [-0.39, 0.29) is 5.91 Å². The van der Waals surface area contributed by atoms with Crippen LogP contribution in [0.4, 0.5) is 11.5 Å². The van der Waals surface area contributed by atoms with Crippen LogP contribution in [0.3, 0.4) is 0 Å². The minimum Gasteiger partial charge on any atom is -0.378 e. The molecule has 0 atom stereocenters. The highest BCUT2D eigenvalue weighted by Gasteiger charge is 2.13. The monoisotopic (exact) mass is 394 g/mol. The van der Waals surface area contributed by atoms with E-state index in [1.807, 2.05) is 24.3 Å². The molecule has 1 aliphatic rings. The molecule has 0 aliphatic carbocycles. The van der Waals surface area contributed by atoms with Crippen LogP contribution in [0.2, 0.25) is 5.02 Å². The lowest BCUT2D eigenvalue weighted by Crippen LogP contribution is -2.36. The number of halogens is 1. The minimum atomic E-state index is -0.178. The van der Waals surface area contributed by atoms with Gasteiger partial charge in [0.25, 0.3) is 5.91 Å². The Hall–Kier alpha value is -2.96. The van der Waals surface area contributed by atoms with E-state index in [9.17, 15) is 4.79 Å². The number of hydrogen-bond acceptors (Lipinski definition) is 5. The fraction of sp³-hybridized carbons (Fsp3) is 0.190. The number of hydrogen-bond donors (Lipinski definition) is 1. The molecule has 0 radical (unpaired) electrons. The standard InChI is InChI=1S/C21H19ClN4O2/c22-17-5-7-18(8-6-17)23-21(27)16-3-1-15(2-4-16)19-9-10-20(25-24-19)26-11-13-28-14-12-26/h1-10H,11-14H2,(H,23,27). The van der Waals surface area contributed by atoms with Crippen LogP contribution in [0.1, 0.15) is 10.4 Å². The van der Waals surface area contributed by atoms with Gasteiger partial charge in [0.15, 0.2) is 5.82 Å². The molecule has 1 amide bonds. The summed E-state index contributed by atoms with van der Waals surface area (Å²) in [4.78, 5) is 14.5. The van der Waals surface area contributed by atoms with Crippen molar-refractivity contribution in [3.63, 3.8) is 0 Å². The molecule has 0 bridgehead atoms. The van der Waals surface area contributed by atoms with E-state index in [0.29, 0.717) is 29.5 Å². The summed E-state index contributed by atoms with van der Waals surface area (Å²) in [5.74, 6) is 0.675. The van der Waals surface area contributed by atoms with Gasteiger partial charge in [-0.25, -0.2) is 0 Å². The first-order valence-corrected chi connectivity index (χ1v) is 9.41. The number of nitrogens with one attached hydrogen (secondary N) is 1. The third-order valence-corrected chi connectivity index (χ3v) is 4.78. The second-order valence-electron chi connectivity index (χ2n) is 6.41. The molecular weight excluding hydrogens is 376 g/mol. The molecule has 142 valence electrons. The number of amides is 1. The Bertz CT molecular complexity index is 938. The first kappa shape index (κ1) is 18.4. The number of aromatic nitrogens is 2. The highest BCUT2D eigenvalue weighted by molar-refractivity contribution is 6.30. The van der Waals surface area contributed by atoms with Crippen LogP contribution in [0.5, 0.6) is 0 Å². The molecule has 1 fully saturated rings. The lowest BCUT2D eigenvalue weighted by atomic mass is 10.1. The number of carbonyl (C=O) groups is 1. The summed E-state index contributed by atoms with van der Waals surface area (Å²) in [6, 6.07) is 18.2. The van der Waals surface area contributed by atoms with Crippen LogP contribution in [0.25, 0.3) is 11.3 Å². The van der Waals surface area contributed by atoms with Crippen molar-refractivity contribution in [1.29, 1.82) is 0 Å². The third kappa shape index (κ3) is 4.30. The van der Waals surface area contributed by atoms with Gasteiger partial charge in [-0.05, 0) is 48.5 Å². The second kappa shape index (κ2) is 8.37. The number of benzene rings is 2. The summed E-state index contributed by atoms with van der Waals surface area (Å²) in [6.07, 6.45) is 0. The highest BCUT2D eigenvalue weighted by Crippen LogP contribution is 2.20.